The van der Waals surface area contributed by atoms with Gasteiger partial charge in [0.2, 0.25) is 0 Å². The fraction of sp³-hybridized carbons (Fsp3) is 0.280. The van der Waals surface area contributed by atoms with Gasteiger partial charge in [-0.25, -0.2) is 4.08 Å². The molecule has 0 aliphatic rings. The Morgan fingerprint density at radius 2 is 1.65 bits per heavy atom. The summed E-state index contributed by atoms with van der Waals surface area (Å²) in [5, 5.41) is 22.6. The smallest absolute Gasteiger partial charge is 0.284 e. The van der Waals surface area contributed by atoms with Crippen molar-refractivity contribution >= 4 is 24.5 Å². The maximum Gasteiger partial charge on any atom is 0.284 e. The molecule has 0 aromatic heterocycles. The lowest BCUT2D eigenvalue weighted by Gasteiger charge is -2.15. The fourth-order valence-corrected chi connectivity index (χ4v) is 4.80. The Morgan fingerprint density at radius 1 is 0.912 bits per heavy atom. The van der Waals surface area contributed by atoms with Gasteiger partial charge in [-0.3, -0.25) is 4.57 Å². The van der Waals surface area contributed by atoms with E-state index in [1.54, 1.807) is 36.4 Å². The van der Waals surface area contributed by atoms with Crippen LogP contribution in [-0.4, -0.2) is 36.3 Å². The maximum atomic E-state index is 12.9. The number of aliphatic hydroxyl groups is 1. The fourth-order valence-electron chi connectivity index (χ4n) is 3.22. The molecule has 1 atom stereocenters. The summed E-state index contributed by atoms with van der Waals surface area (Å²) in [5.41, 5.74) is 1.60. The van der Waals surface area contributed by atoms with E-state index in [0.29, 0.717) is 29.0 Å². The largest absolute Gasteiger partial charge is 0.508 e. The normalized spacial score (nSPS) is 12.8. The van der Waals surface area contributed by atoms with Gasteiger partial charge in [-0.15, -0.1) is 0 Å². The molecule has 3 N–H and O–H groups in total. The molecule has 34 heavy (non-hydrogen) atoms. The Morgan fingerprint density at radius 3 is 2.35 bits per heavy atom. The number of nitrogens with one attached hydrogen (secondary N) is 1. The summed E-state index contributed by atoms with van der Waals surface area (Å²) in [6.07, 6.45) is 1.54. The highest BCUT2D eigenvalue weighted by Crippen LogP contribution is 2.47. The summed E-state index contributed by atoms with van der Waals surface area (Å²) in [6.45, 7) is 1.93. The Bertz CT molecular complexity index is 1060. The Kier molecular flexibility index (Phi) is 10.3. The maximum absolute atomic E-state index is 12.9. The van der Waals surface area contributed by atoms with Crippen molar-refractivity contribution in [1.82, 2.24) is 5.32 Å². The van der Waals surface area contributed by atoms with E-state index < -0.39 is 7.37 Å². The van der Waals surface area contributed by atoms with E-state index >= 15 is 0 Å². The van der Waals surface area contributed by atoms with Gasteiger partial charge in [0, 0.05) is 10.9 Å². The molecule has 9 heteroatoms. The molecule has 3 aromatic carbocycles. The minimum absolute atomic E-state index is 0.0626. The van der Waals surface area contributed by atoms with Crippen molar-refractivity contribution in [3.63, 3.8) is 0 Å². The molecule has 182 valence electrons. The standard InChI is InChI=1S/C25H29ClNO6P/c26-33-34(30,24-5-2-1-3-6-24)19-32-22-9-7-20(8-10-22)13-15-27-14-4-16-31-23-11-12-25(29)21(17-23)18-28/h1-3,5-12,17,27-29H,4,13-16,18-19H2. The molecule has 3 rings (SSSR count). The van der Waals surface area contributed by atoms with Gasteiger partial charge in [0.1, 0.15) is 17.2 Å². The van der Waals surface area contributed by atoms with E-state index in [9.17, 15) is 14.8 Å². The second-order valence-electron chi connectivity index (χ2n) is 7.65. The van der Waals surface area contributed by atoms with Gasteiger partial charge in [-0.05, 0) is 74.0 Å². The van der Waals surface area contributed by atoms with Crippen LogP contribution in [0.1, 0.15) is 17.5 Å². The van der Waals surface area contributed by atoms with E-state index in [2.05, 4.69) is 5.32 Å². The number of benzene rings is 3. The summed E-state index contributed by atoms with van der Waals surface area (Å²) in [5.74, 6) is 1.28. The predicted octanol–water partition coefficient (Wildman–Crippen LogP) is 4.60. The number of hydrogen-bond donors (Lipinski definition) is 3. The highest BCUT2D eigenvalue weighted by molar-refractivity contribution is 7.67. The number of aromatic hydroxyl groups is 1. The van der Waals surface area contributed by atoms with Crippen molar-refractivity contribution in [2.45, 2.75) is 19.4 Å². The van der Waals surface area contributed by atoms with Crippen molar-refractivity contribution in [1.29, 1.82) is 0 Å². The first-order valence-electron chi connectivity index (χ1n) is 11.0. The zero-order valence-electron chi connectivity index (χ0n) is 18.7. The lowest BCUT2D eigenvalue weighted by Crippen LogP contribution is -2.20. The van der Waals surface area contributed by atoms with E-state index in [-0.39, 0.29) is 18.7 Å². The minimum Gasteiger partial charge on any atom is -0.508 e. The summed E-state index contributed by atoms with van der Waals surface area (Å²) in [7, 11) is -3.29. The van der Waals surface area contributed by atoms with Crippen LogP contribution in [0, 0.1) is 0 Å². The first kappa shape index (κ1) is 26.1. The molecule has 0 saturated heterocycles. The molecule has 0 amide bonds. The second kappa shape index (κ2) is 13.4. The quantitative estimate of drug-likeness (QED) is 0.218. The number of rotatable bonds is 14. The summed E-state index contributed by atoms with van der Waals surface area (Å²) in [4.78, 5) is 0. The van der Waals surface area contributed by atoms with Crippen LogP contribution in [0.4, 0.5) is 0 Å². The van der Waals surface area contributed by atoms with Crippen molar-refractivity contribution < 1.29 is 28.3 Å². The number of halogens is 1. The summed E-state index contributed by atoms with van der Waals surface area (Å²) < 4.78 is 29.0. The molecule has 0 aliphatic heterocycles. The van der Waals surface area contributed by atoms with Crippen molar-refractivity contribution in [2.75, 3.05) is 26.0 Å². The molecule has 0 saturated carbocycles. The monoisotopic (exact) mass is 505 g/mol. The molecule has 1 unspecified atom stereocenters. The van der Waals surface area contributed by atoms with Crippen LogP contribution in [0.5, 0.6) is 17.2 Å². The van der Waals surface area contributed by atoms with Crippen LogP contribution in [0.3, 0.4) is 0 Å². The minimum atomic E-state index is -3.29. The molecule has 0 radical (unpaired) electrons. The van der Waals surface area contributed by atoms with Crippen LogP contribution >= 0.6 is 19.2 Å². The molecule has 3 aromatic rings. The zero-order valence-corrected chi connectivity index (χ0v) is 20.4. The molecule has 0 aliphatic carbocycles. The van der Waals surface area contributed by atoms with Gasteiger partial charge in [0.05, 0.1) is 25.1 Å². The van der Waals surface area contributed by atoms with Crippen LogP contribution in [0.15, 0.2) is 72.8 Å². The van der Waals surface area contributed by atoms with Crippen LogP contribution in [0.2, 0.25) is 0 Å². The Labute approximate surface area is 204 Å². The number of ether oxygens (including phenoxy) is 2. The van der Waals surface area contributed by atoms with E-state index in [1.807, 2.05) is 30.3 Å². The summed E-state index contributed by atoms with van der Waals surface area (Å²) >= 11 is 5.51. The molecule has 7 nitrogen and oxygen atoms in total. The first-order valence-corrected chi connectivity index (χ1v) is 13.1. The molecule has 0 heterocycles. The highest BCUT2D eigenvalue weighted by Gasteiger charge is 2.27. The second-order valence-corrected chi connectivity index (χ2v) is 10.3. The predicted molar refractivity (Wildman–Crippen MR) is 133 cm³/mol. The number of aliphatic hydroxyl groups excluding tert-OH is 1. The van der Waals surface area contributed by atoms with Crippen molar-refractivity contribution in [3.05, 3.63) is 83.9 Å². The third kappa shape index (κ3) is 7.76. The molecule has 0 spiro atoms. The van der Waals surface area contributed by atoms with Gasteiger partial charge in [0.15, 0.2) is 6.35 Å². The first-order chi connectivity index (χ1) is 16.5. The summed E-state index contributed by atoms with van der Waals surface area (Å²) in [6, 6.07) is 21.2. The molecule has 0 fully saturated rings. The van der Waals surface area contributed by atoms with Crippen LogP contribution < -0.4 is 20.1 Å². The van der Waals surface area contributed by atoms with Crippen LogP contribution in [0.25, 0.3) is 0 Å². The average molecular weight is 506 g/mol. The third-order valence-corrected chi connectivity index (χ3v) is 7.61. The molecule has 0 bridgehead atoms. The highest BCUT2D eigenvalue weighted by atomic mass is 35.5. The average Bonchev–Trinajstić information content (AvgIpc) is 2.88. The lowest BCUT2D eigenvalue weighted by molar-refractivity contribution is 0.272. The third-order valence-electron chi connectivity index (χ3n) is 5.16. The number of hydrogen-bond acceptors (Lipinski definition) is 7. The van der Waals surface area contributed by atoms with Crippen molar-refractivity contribution in [2.24, 2.45) is 0 Å². The Balaban J connectivity index is 1.33. The topological polar surface area (TPSA) is 97.3 Å². The number of phenols is 1. The SMILES string of the molecule is O=P(COc1ccc(CCNCCCOc2ccc(O)c(CO)c2)cc1)(OCl)c1ccccc1. The molecular formula is C25H29ClNO6P. The van der Waals surface area contributed by atoms with Gasteiger partial charge in [-0.1, -0.05) is 30.3 Å². The Hall–Kier alpha value is -2.54. The lowest BCUT2D eigenvalue weighted by atomic mass is 10.1. The van der Waals surface area contributed by atoms with E-state index in [1.165, 1.54) is 6.07 Å². The van der Waals surface area contributed by atoms with E-state index in [4.69, 9.17) is 25.4 Å². The zero-order chi connectivity index (χ0) is 24.2. The van der Waals surface area contributed by atoms with Gasteiger partial charge in [0.25, 0.3) is 7.37 Å². The van der Waals surface area contributed by atoms with Gasteiger partial charge < -0.3 is 25.0 Å². The van der Waals surface area contributed by atoms with Crippen LogP contribution in [-0.2, 0) is 21.7 Å². The molecular weight excluding hydrogens is 477 g/mol. The van der Waals surface area contributed by atoms with E-state index in [0.717, 1.165) is 31.5 Å². The van der Waals surface area contributed by atoms with Gasteiger partial charge >= 0.3 is 0 Å². The van der Waals surface area contributed by atoms with Crippen molar-refractivity contribution in [3.8, 4) is 17.2 Å². The van der Waals surface area contributed by atoms with Gasteiger partial charge in [-0.2, -0.15) is 0 Å².